The molecule has 0 spiro atoms. The van der Waals surface area contributed by atoms with Crippen molar-refractivity contribution in [2.24, 2.45) is 0 Å². The molecule has 88 valence electrons. The van der Waals surface area contributed by atoms with E-state index in [2.05, 4.69) is 30.4 Å². The van der Waals surface area contributed by atoms with Gasteiger partial charge in [0, 0.05) is 6.04 Å². The number of rotatable bonds is 4. The van der Waals surface area contributed by atoms with Crippen molar-refractivity contribution >= 4 is 0 Å². The summed E-state index contributed by atoms with van der Waals surface area (Å²) in [5.41, 5.74) is 2.91. The molecule has 0 heterocycles. The van der Waals surface area contributed by atoms with Crippen molar-refractivity contribution < 1.29 is 4.74 Å². The van der Waals surface area contributed by atoms with Gasteiger partial charge in [-0.2, -0.15) is 0 Å². The Morgan fingerprint density at radius 2 is 2.31 bits per heavy atom. The van der Waals surface area contributed by atoms with Crippen LogP contribution in [-0.4, -0.2) is 13.7 Å². The highest BCUT2D eigenvalue weighted by atomic mass is 16.5. The van der Waals surface area contributed by atoms with Gasteiger partial charge >= 0.3 is 0 Å². The number of benzene rings is 1. The monoisotopic (exact) mass is 219 g/mol. The zero-order valence-electron chi connectivity index (χ0n) is 10.3. The Hall–Kier alpha value is -1.02. The standard InChI is InChI=1S/C14H21NO/c1-3-9-16-12-8-7-11-5-4-6-14(15-2)13(11)10-12/h7-8,10,14-15H,3-6,9H2,1-2H3. The van der Waals surface area contributed by atoms with Gasteiger partial charge in [0.15, 0.2) is 0 Å². The average Bonchev–Trinajstić information content (AvgIpc) is 2.35. The van der Waals surface area contributed by atoms with Crippen LogP contribution in [0.3, 0.4) is 0 Å². The lowest BCUT2D eigenvalue weighted by Crippen LogP contribution is -2.21. The first-order chi connectivity index (χ1) is 7.85. The zero-order chi connectivity index (χ0) is 11.4. The lowest BCUT2D eigenvalue weighted by Gasteiger charge is -2.25. The predicted octanol–water partition coefficient (Wildman–Crippen LogP) is 3.07. The largest absolute Gasteiger partial charge is 0.494 e. The molecule has 1 unspecified atom stereocenters. The van der Waals surface area contributed by atoms with Crippen LogP contribution in [0.15, 0.2) is 18.2 Å². The van der Waals surface area contributed by atoms with Crippen molar-refractivity contribution in [3.8, 4) is 5.75 Å². The second-order valence-electron chi connectivity index (χ2n) is 4.44. The van der Waals surface area contributed by atoms with E-state index in [1.54, 1.807) is 0 Å². The Morgan fingerprint density at radius 1 is 1.44 bits per heavy atom. The Bertz CT molecular complexity index is 349. The van der Waals surface area contributed by atoms with Crippen LogP contribution < -0.4 is 10.1 Å². The van der Waals surface area contributed by atoms with Crippen molar-refractivity contribution in [3.63, 3.8) is 0 Å². The molecule has 2 heteroatoms. The van der Waals surface area contributed by atoms with E-state index in [-0.39, 0.29) is 0 Å². The molecule has 1 N–H and O–H groups in total. The first-order valence-corrected chi connectivity index (χ1v) is 6.28. The summed E-state index contributed by atoms with van der Waals surface area (Å²) in [5, 5.41) is 3.39. The molecule has 1 aliphatic carbocycles. The number of hydrogen-bond donors (Lipinski definition) is 1. The smallest absolute Gasteiger partial charge is 0.119 e. The number of fused-ring (bicyclic) bond motifs is 1. The van der Waals surface area contributed by atoms with Crippen LogP contribution in [0.4, 0.5) is 0 Å². The number of nitrogens with one attached hydrogen (secondary N) is 1. The third kappa shape index (κ3) is 2.38. The fourth-order valence-electron chi connectivity index (χ4n) is 2.39. The average molecular weight is 219 g/mol. The fourth-order valence-corrected chi connectivity index (χ4v) is 2.39. The van der Waals surface area contributed by atoms with E-state index in [0.717, 1.165) is 18.8 Å². The van der Waals surface area contributed by atoms with Gasteiger partial charge in [-0.05, 0) is 56.0 Å². The summed E-state index contributed by atoms with van der Waals surface area (Å²) in [4.78, 5) is 0. The van der Waals surface area contributed by atoms with Gasteiger partial charge in [0.1, 0.15) is 5.75 Å². The summed E-state index contributed by atoms with van der Waals surface area (Å²) >= 11 is 0. The van der Waals surface area contributed by atoms with E-state index >= 15 is 0 Å². The maximum Gasteiger partial charge on any atom is 0.119 e. The van der Waals surface area contributed by atoms with E-state index in [9.17, 15) is 0 Å². The molecule has 1 atom stereocenters. The van der Waals surface area contributed by atoms with Gasteiger partial charge in [-0.1, -0.05) is 13.0 Å². The quantitative estimate of drug-likeness (QED) is 0.840. The van der Waals surface area contributed by atoms with Crippen molar-refractivity contribution in [1.29, 1.82) is 0 Å². The SMILES string of the molecule is CCCOc1ccc2c(c1)C(NC)CCC2. The highest BCUT2D eigenvalue weighted by Gasteiger charge is 2.18. The molecule has 0 radical (unpaired) electrons. The van der Waals surface area contributed by atoms with Crippen LogP contribution in [0.5, 0.6) is 5.75 Å². The van der Waals surface area contributed by atoms with Crippen molar-refractivity contribution in [3.05, 3.63) is 29.3 Å². The second-order valence-corrected chi connectivity index (χ2v) is 4.44. The van der Waals surface area contributed by atoms with E-state index < -0.39 is 0 Å². The number of hydrogen-bond acceptors (Lipinski definition) is 2. The molecule has 0 aliphatic heterocycles. The van der Waals surface area contributed by atoms with Gasteiger partial charge in [-0.3, -0.25) is 0 Å². The highest BCUT2D eigenvalue weighted by Crippen LogP contribution is 2.32. The summed E-state index contributed by atoms with van der Waals surface area (Å²) in [7, 11) is 2.04. The minimum absolute atomic E-state index is 0.508. The van der Waals surface area contributed by atoms with Crippen LogP contribution in [0.25, 0.3) is 0 Å². The summed E-state index contributed by atoms with van der Waals surface area (Å²) in [5.74, 6) is 1.02. The summed E-state index contributed by atoms with van der Waals surface area (Å²) < 4.78 is 5.69. The predicted molar refractivity (Wildman–Crippen MR) is 67.0 cm³/mol. The normalized spacial score (nSPS) is 19.2. The van der Waals surface area contributed by atoms with Gasteiger partial charge in [0.25, 0.3) is 0 Å². The third-order valence-electron chi connectivity index (χ3n) is 3.25. The Kier molecular flexibility index (Phi) is 3.83. The van der Waals surface area contributed by atoms with E-state index in [1.165, 1.54) is 30.4 Å². The highest BCUT2D eigenvalue weighted by molar-refractivity contribution is 5.39. The molecule has 0 saturated carbocycles. The van der Waals surface area contributed by atoms with E-state index in [4.69, 9.17) is 4.74 Å². The van der Waals surface area contributed by atoms with Crippen molar-refractivity contribution in [2.75, 3.05) is 13.7 Å². The van der Waals surface area contributed by atoms with Gasteiger partial charge in [0.2, 0.25) is 0 Å². The van der Waals surface area contributed by atoms with E-state index in [0.29, 0.717) is 6.04 Å². The first kappa shape index (κ1) is 11.5. The van der Waals surface area contributed by atoms with Crippen LogP contribution in [0.1, 0.15) is 43.4 Å². The zero-order valence-corrected chi connectivity index (χ0v) is 10.3. The van der Waals surface area contributed by atoms with Crippen LogP contribution in [-0.2, 0) is 6.42 Å². The van der Waals surface area contributed by atoms with Crippen LogP contribution in [0.2, 0.25) is 0 Å². The molecule has 1 aliphatic rings. The van der Waals surface area contributed by atoms with Crippen LogP contribution >= 0.6 is 0 Å². The number of ether oxygens (including phenoxy) is 1. The lowest BCUT2D eigenvalue weighted by molar-refractivity contribution is 0.316. The van der Waals surface area contributed by atoms with Crippen molar-refractivity contribution in [2.45, 2.75) is 38.6 Å². The minimum Gasteiger partial charge on any atom is -0.494 e. The topological polar surface area (TPSA) is 21.3 Å². The van der Waals surface area contributed by atoms with Gasteiger partial charge in [0.05, 0.1) is 6.61 Å². The summed E-state index contributed by atoms with van der Waals surface area (Å²) in [6.07, 6.45) is 4.79. The molecule has 1 aromatic rings. The Morgan fingerprint density at radius 3 is 3.06 bits per heavy atom. The number of aryl methyl sites for hydroxylation is 1. The molecule has 1 aromatic carbocycles. The molecule has 0 amide bonds. The summed E-state index contributed by atoms with van der Waals surface area (Å²) in [6, 6.07) is 7.05. The van der Waals surface area contributed by atoms with E-state index in [1.807, 2.05) is 7.05 Å². The molecule has 2 rings (SSSR count). The molecule has 0 aromatic heterocycles. The molecule has 0 saturated heterocycles. The van der Waals surface area contributed by atoms with Gasteiger partial charge < -0.3 is 10.1 Å². The maximum absolute atomic E-state index is 5.69. The minimum atomic E-state index is 0.508. The van der Waals surface area contributed by atoms with Crippen LogP contribution in [0, 0.1) is 0 Å². The van der Waals surface area contributed by atoms with Crippen molar-refractivity contribution in [1.82, 2.24) is 5.32 Å². The molecule has 2 nitrogen and oxygen atoms in total. The summed E-state index contributed by atoms with van der Waals surface area (Å²) in [6.45, 7) is 2.94. The fraction of sp³-hybridized carbons (Fsp3) is 0.571. The Balaban J connectivity index is 2.20. The molecular weight excluding hydrogens is 198 g/mol. The van der Waals surface area contributed by atoms with Gasteiger partial charge in [-0.25, -0.2) is 0 Å². The lowest BCUT2D eigenvalue weighted by atomic mass is 9.87. The molecule has 16 heavy (non-hydrogen) atoms. The molecular formula is C14H21NO. The maximum atomic E-state index is 5.69. The second kappa shape index (κ2) is 5.35. The van der Waals surface area contributed by atoms with Gasteiger partial charge in [-0.15, -0.1) is 0 Å². The molecule has 0 bridgehead atoms. The third-order valence-corrected chi connectivity index (χ3v) is 3.25. The first-order valence-electron chi connectivity index (χ1n) is 6.28. The Labute approximate surface area is 98.0 Å². The molecule has 0 fully saturated rings.